The number of amides is 1. The molecule has 1 aliphatic heterocycles. The van der Waals surface area contributed by atoms with Crippen LogP contribution in [0.25, 0.3) is 16.8 Å². The van der Waals surface area contributed by atoms with E-state index in [9.17, 15) is 18.0 Å². The molecular weight excluding hydrogens is 532 g/mol. The van der Waals surface area contributed by atoms with Gasteiger partial charge in [-0.05, 0) is 39.8 Å². The minimum absolute atomic E-state index is 0.158. The first kappa shape index (κ1) is 26.5. The summed E-state index contributed by atoms with van der Waals surface area (Å²) in [5, 5.41) is 20.7. The maximum atomic E-state index is 15.4. The van der Waals surface area contributed by atoms with Crippen molar-refractivity contribution in [3.8, 4) is 11.1 Å². The molecule has 0 fully saturated rings. The highest BCUT2D eigenvalue weighted by Gasteiger charge is 2.45. The molecule has 3 aromatic carbocycles. The Hall–Kier alpha value is -5.11. The van der Waals surface area contributed by atoms with E-state index in [4.69, 9.17) is 16.0 Å². The number of nitrogens with zero attached hydrogens (tertiary/aromatic N) is 4. The third kappa shape index (κ3) is 5.11. The summed E-state index contributed by atoms with van der Waals surface area (Å²) < 4.78 is 58.7. The average molecular weight is 552 g/mol. The summed E-state index contributed by atoms with van der Waals surface area (Å²) in [6.07, 6.45) is -2.48. The molecule has 1 atom stereocenters. The second kappa shape index (κ2) is 10.2. The molecule has 0 saturated heterocycles. The number of hydrogen-bond acceptors (Lipinski definition) is 7. The number of alkyl halides is 3. The molecule has 1 aromatic heterocycles. The predicted molar refractivity (Wildman–Crippen MR) is 136 cm³/mol. The summed E-state index contributed by atoms with van der Waals surface area (Å²) in [6, 6.07) is 16.2. The highest BCUT2D eigenvalue weighted by atomic mass is 19.4. The van der Waals surface area contributed by atoms with E-state index in [1.807, 2.05) is 0 Å². The minimum atomic E-state index is -5.06. The van der Waals surface area contributed by atoms with E-state index in [-0.39, 0.29) is 23.5 Å². The second-order valence-electron chi connectivity index (χ2n) is 8.82. The standard InChI is InChI=1S/C26H20F4N8O2/c27-22-19(10-9-18(21(22)26(28,29)30)15-5-2-1-3-6-15)34-24(39)25(13-38-14-33-36-37-38)12-20(35-40-25)16-7-4-8-17(11-16)23(31)32/h1-12,14,35H,13H2,(H3,31,32)(H,34,39). The van der Waals surface area contributed by atoms with Gasteiger partial charge in [0.25, 0.3) is 5.91 Å². The monoisotopic (exact) mass is 552 g/mol. The SMILES string of the molecule is N=C(N)c1cccc(C2=CC(Cn3cnnn3)(C(=O)Nc3ccc(-c4ccccc4)c(C(F)(F)F)c3F)ON2)c1. The maximum Gasteiger partial charge on any atom is 0.419 e. The Balaban J connectivity index is 1.54. The molecule has 1 aliphatic rings. The van der Waals surface area contributed by atoms with Crippen LogP contribution in [0.5, 0.6) is 0 Å². The largest absolute Gasteiger partial charge is 0.419 e. The smallest absolute Gasteiger partial charge is 0.384 e. The molecule has 1 amide bonds. The summed E-state index contributed by atoms with van der Waals surface area (Å²) in [4.78, 5) is 19.2. The van der Waals surface area contributed by atoms with Gasteiger partial charge in [0.15, 0.2) is 5.82 Å². The van der Waals surface area contributed by atoms with E-state index in [2.05, 4.69) is 26.3 Å². The zero-order valence-corrected chi connectivity index (χ0v) is 20.4. The molecule has 0 radical (unpaired) electrons. The van der Waals surface area contributed by atoms with Crippen LogP contribution in [-0.4, -0.2) is 37.6 Å². The Morgan fingerprint density at radius 2 is 1.85 bits per heavy atom. The molecule has 10 nitrogen and oxygen atoms in total. The van der Waals surface area contributed by atoms with Crippen molar-refractivity contribution in [2.24, 2.45) is 5.73 Å². The quantitative estimate of drug-likeness (QED) is 0.155. The number of amidine groups is 1. The number of carbonyl (C=O) groups is 1. The average Bonchev–Trinajstić information content (AvgIpc) is 3.60. The van der Waals surface area contributed by atoms with E-state index in [1.165, 1.54) is 41.4 Å². The van der Waals surface area contributed by atoms with Crippen molar-refractivity contribution in [3.05, 3.63) is 102 Å². The third-order valence-corrected chi connectivity index (χ3v) is 6.14. The number of aromatic nitrogens is 4. The number of anilines is 1. The van der Waals surface area contributed by atoms with Gasteiger partial charge in [-0.15, -0.1) is 5.10 Å². The van der Waals surface area contributed by atoms with Crippen molar-refractivity contribution in [1.82, 2.24) is 25.7 Å². The van der Waals surface area contributed by atoms with Crippen LogP contribution in [0.1, 0.15) is 16.7 Å². The zero-order chi connectivity index (χ0) is 28.5. The molecule has 4 aromatic rings. The van der Waals surface area contributed by atoms with E-state index < -0.39 is 34.8 Å². The Morgan fingerprint density at radius 1 is 1.10 bits per heavy atom. The van der Waals surface area contributed by atoms with Crippen molar-refractivity contribution in [3.63, 3.8) is 0 Å². The van der Waals surface area contributed by atoms with Gasteiger partial charge in [-0.1, -0.05) is 54.6 Å². The topological polar surface area (TPSA) is 144 Å². The van der Waals surface area contributed by atoms with Crippen LogP contribution in [0.2, 0.25) is 0 Å². The molecular formula is C26H20F4N8O2. The molecule has 0 saturated carbocycles. The van der Waals surface area contributed by atoms with Gasteiger partial charge in [-0.2, -0.15) is 13.2 Å². The zero-order valence-electron chi connectivity index (χ0n) is 20.4. The van der Waals surface area contributed by atoms with Crippen molar-refractivity contribution < 1.29 is 27.2 Å². The second-order valence-corrected chi connectivity index (χ2v) is 8.82. The van der Waals surface area contributed by atoms with E-state index >= 15 is 4.39 Å². The van der Waals surface area contributed by atoms with Crippen LogP contribution >= 0.6 is 0 Å². The van der Waals surface area contributed by atoms with Gasteiger partial charge in [-0.25, -0.2) is 9.07 Å². The number of hydrogen-bond donors (Lipinski definition) is 4. The normalized spacial score (nSPS) is 16.8. The molecule has 5 N–H and O–H groups in total. The summed E-state index contributed by atoms with van der Waals surface area (Å²) in [5.74, 6) is -2.83. The number of nitrogen functional groups attached to an aromatic ring is 1. The molecule has 0 aliphatic carbocycles. The van der Waals surface area contributed by atoms with Crippen LogP contribution in [0, 0.1) is 11.2 Å². The molecule has 14 heteroatoms. The predicted octanol–water partition coefficient (Wildman–Crippen LogP) is 3.74. The van der Waals surface area contributed by atoms with Crippen molar-refractivity contribution in [2.45, 2.75) is 18.3 Å². The lowest BCUT2D eigenvalue weighted by molar-refractivity contribution is -0.141. The first-order valence-electron chi connectivity index (χ1n) is 11.7. The molecule has 40 heavy (non-hydrogen) atoms. The molecule has 204 valence electrons. The summed E-state index contributed by atoms with van der Waals surface area (Å²) >= 11 is 0. The highest BCUT2D eigenvalue weighted by Crippen LogP contribution is 2.41. The lowest BCUT2D eigenvalue weighted by Gasteiger charge is -2.24. The first-order chi connectivity index (χ1) is 19.1. The Morgan fingerprint density at radius 3 is 2.52 bits per heavy atom. The van der Waals surface area contributed by atoms with Crippen LogP contribution < -0.4 is 16.5 Å². The summed E-state index contributed by atoms with van der Waals surface area (Å²) in [5.41, 5.74) is 5.04. The number of benzene rings is 3. The van der Waals surface area contributed by atoms with Gasteiger partial charge in [0.05, 0.1) is 17.9 Å². The maximum absolute atomic E-state index is 15.4. The first-order valence-corrected chi connectivity index (χ1v) is 11.7. The lowest BCUT2D eigenvalue weighted by Crippen LogP contribution is -2.47. The number of halogens is 4. The molecule has 5 rings (SSSR count). The molecule has 2 heterocycles. The highest BCUT2D eigenvalue weighted by molar-refractivity contribution is 6.01. The lowest BCUT2D eigenvalue weighted by atomic mass is 9.96. The van der Waals surface area contributed by atoms with Gasteiger partial charge >= 0.3 is 6.18 Å². The summed E-state index contributed by atoms with van der Waals surface area (Å²) in [6.45, 7) is -0.315. The number of hydroxylamine groups is 1. The Labute approximate surface area is 223 Å². The van der Waals surface area contributed by atoms with Crippen LogP contribution in [0.4, 0.5) is 23.2 Å². The van der Waals surface area contributed by atoms with Crippen molar-refractivity contribution in [1.29, 1.82) is 5.41 Å². The number of nitrogens with one attached hydrogen (secondary N) is 3. The van der Waals surface area contributed by atoms with E-state index in [1.54, 1.807) is 30.3 Å². The van der Waals surface area contributed by atoms with E-state index in [0.29, 0.717) is 16.8 Å². The van der Waals surface area contributed by atoms with Gasteiger partial charge in [0, 0.05) is 11.1 Å². The Bertz CT molecular complexity index is 1610. The van der Waals surface area contributed by atoms with Gasteiger partial charge in [0.2, 0.25) is 5.60 Å². The van der Waals surface area contributed by atoms with Crippen molar-refractivity contribution >= 4 is 23.1 Å². The van der Waals surface area contributed by atoms with E-state index in [0.717, 1.165) is 12.1 Å². The fraction of sp³-hybridized carbons (Fsp3) is 0.115. The molecule has 1 unspecified atom stereocenters. The van der Waals surface area contributed by atoms with Gasteiger partial charge < -0.3 is 11.1 Å². The van der Waals surface area contributed by atoms with Crippen molar-refractivity contribution in [2.75, 3.05) is 5.32 Å². The number of rotatable bonds is 7. The third-order valence-electron chi connectivity index (χ3n) is 6.14. The number of carbonyl (C=O) groups excluding carboxylic acids is 1. The number of nitrogens with two attached hydrogens (primary N) is 1. The fourth-order valence-corrected chi connectivity index (χ4v) is 4.23. The molecule has 0 bridgehead atoms. The summed E-state index contributed by atoms with van der Waals surface area (Å²) in [7, 11) is 0. The van der Waals surface area contributed by atoms with Gasteiger partial charge in [-0.3, -0.25) is 20.5 Å². The molecule has 0 spiro atoms. The number of tetrazole rings is 1. The Kier molecular flexibility index (Phi) is 6.77. The van der Waals surface area contributed by atoms with Crippen LogP contribution in [0.15, 0.2) is 79.1 Å². The fourth-order valence-electron chi connectivity index (χ4n) is 4.23. The van der Waals surface area contributed by atoms with Crippen LogP contribution in [-0.2, 0) is 22.4 Å². The minimum Gasteiger partial charge on any atom is -0.384 e. The van der Waals surface area contributed by atoms with Crippen LogP contribution in [0.3, 0.4) is 0 Å². The van der Waals surface area contributed by atoms with Gasteiger partial charge in [0.1, 0.15) is 17.7 Å².